The lowest BCUT2D eigenvalue weighted by Crippen LogP contribution is -2.36. The first-order valence-electron chi connectivity index (χ1n) is 6.58. The van der Waals surface area contributed by atoms with Crippen LogP contribution in [0, 0.1) is 5.92 Å². The first kappa shape index (κ1) is 16.7. The Morgan fingerprint density at radius 2 is 2.05 bits per heavy atom. The maximum atomic E-state index is 12.3. The van der Waals surface area contributed by atoms with Gasteiger partial charge in [0.15, 0.2) is 0 Å². The van der Waals surface area contributed by atoms with Gasteiger partial charge in [0.1, 0.15) is 0 Å². The number of amides is 1. The van der Waals surface area contributed by atoms with Gasteiger partial charge in [-0.05, 0) is 47.3 Å². The van der Waals surface area contributed by atoms with Gasteiger partial charge in [-0.25, -0.2) is 0 Å². The van der Waals surface area contributed by atoms with Crippen molar-refractivity contribution in [1.82, 2.24) is 4.90 Å². The smallest absolute Gasteiger partial charge is 0.230 e. The van der Waals surface area contributed by atoms with E-state index in [0.29, 0.717) is 5.92 Å². The third kappa shape index (κ3) is 4.89. The van der Waals surface area contributed by atoms with Crippen LogP contribution < -0.4 is 5.73 Å². The fraction of sp³-hybridized carbons (Fsp3) is 0.643. The molecule has 19 heavy (non-hydrogen) atoms. The molecule has 1 rings (SSSR count). The van der Waals surface area contributed by atoms with Gasteiger partial charge in [-0.1, -0.05) is 13.8 Å². The number of halogens is 1. The first-order valence-corrected chi connectivity index (χ1v) is 8.19. The van der Waals surface area contributed by atoms with E-state index in [2.05, 4.69) is 29.8 Å². The van der Waals surface area contributed by atoms with Crippen LogP contribution in [0.3, 0.4) is 0 Å². The Morgan fingerprint density at radius 1 is 1.42 bits per heavy atom. The molecule has 0 aromatic carbocycles. The summed E-state index contributed by atoms with van der Waals surface area (Å²) in [7, 11) is 1.86. The Balaban J connectivity index is 2.52. The number of carbonyl (C=O) groups excluding carboxylic acids is 1. The van der Waals surface area contributed by atoms with Gasteiger partial charge in [0.05, 0.1) is 9.70 Å². The van der Waals surface area contributed by atoms with Crippen LogP contribution in [-0.2, 0) is 4.79 Å². The van der Waals surface area contributed by atoms with Crippen molar-refractivity contribution in [3.05, 3.63) is 20.8 Å². The van der Waals surface area contributed by atoms with Crippen molar-refractivity contribution >= 4 is 33.2 Å². The summed E-state index contributed by atoms with van der Waals surface area (Å²) in [6, 6.07) is 4.14. The van der Waals surface area contributed by atoms with Gasteiger partial charge in [-0.3, -0.25) is 4.79 Å². The number of rotatable bonds is 6. The topological polar surface area (TPSA) is 46.3 Å². The van der Waals surface area contributed by atoms with Crippen molar-refractivity contribution in [3.8, 4) is 0 Å². The Morgan fingerprint density at radius 3 is 2.53 bits per heavy atom. The second-order valence-electron chi connectivity index (χ2n) is 5.32. The van der Waals surface area contributed by atoms with Gasteiger partial charge in [0.25, 0.3) is 0 Å². The SMILES string of the molecule is CC(C(=O)N(C)CCC(N)C(C)C)c1ccc(Br)s1. The summed E-state index contributed by atoms with van der Waals surface area (Å²) in [4.78, 5) is 15.2. The number of likely N-dealkylation sites (N-methyl/N-ethyl adjacent to an activating group) is 1. The fourth-order valence-electron chi connectivity index (χ4n) is 1.80. The van der Waals surface area contributed by atoms with Crippen molar-refractivity contribution in [1.29, 1.82) is 0 Å². The maximum Gasteiger partial charge on any atom is 0.230 e. The number of nitrogens with two attached hydrogens (primary N) is 1. The van der Waals surface area contributed by atoms with Crippen molar-refractivity contribution in [2.24, 2.45) is 11.7 Å². The lowest BCUT2D eigenvalue weighted by molar-refractivity contribution is -0.131. The molecule has 5 heteroatoms. The highest BCUT2D eigenvalue weighted by Crippen LogP contribution is 2.29. The van der Waals surface area contributed by atoms with Crippen LogP contribution in [0.5, 0.6) is 0 Å². The number of hydrogen-bond donors (Lipinski definition) is 1. The third-order valence-corrected chi connectivity index (χ3v) is 5.23. The summed E-state index contributed by atoms with van der Waals surface area (Å²) < 4.78 is 1.06. The molecule has 2 unspecified atom stereocenters. The summed E-state index contributed by atoms with van der Waals surface area (Å²) in [6.45, 7) is 6.89. The van der Waals surface area contributed by atoms with Crippen molar-refractivity contribution < 1.29 is 4.79 Å². The van der Waals surface area contributed by atoms with Gasteiger partial charge in [-0.15, -0.1) is 11.3 Å². The lowest BCUT2D eigenvalue weighted by Gasteiger charge is -2.23. The number of carbonyl (C=O) groups is 1. The highest BCUT2D eigenvalue weighted by atomic mass is 79.9. The number of nitrogens with zero attached hydrogens (tertiary/aromatic N) is 1. The van der Waals surface area contributed by atoms with E-state index in [1.54, 1.807) is 16.2 Å². The van der Waals surface area contributed by atoms with E-state index in [-0.39, 0.29) is 17.9 Å². The van der Waals surface area contributed by atoms with E-state index in [1.807, 2.05) is 26.1 Å². The van der Waals surface area contributed by atoms with Crippen LogP contribution in [0.2, 0.25) is 0 Å². The Hall–Kier alpha value is -0.390. The van der Waals surface area contributed by atoms with Gasteiger partial charge in [-0.2, -0.15) is 0 Å². The highest BCUT2D eigenvalue weighted by molar-refractivity contribution is 9.11. The average molecular weight is 347 g/mol. The largest absolute Gasteiger partial charge is 0.345 e. The first-order chi connectivity index (χ1) is 8.82. The molecule has 0 bridgehead atoms. The van der Waals surface area contributed by atoms with E-state index in [0.717, 1.165) is 21.6 Å². The molecule has 1 aromatic rings. The zero-order valence-electron chi connectivity index (χ0n) is 12.0. The quantitative estimate of drug-likeness (QED) is 0.857. The van der Waals surface area contributed by atoms with Crippen molar-refractivity contribution in [2.75, 3.05) is 13.6 Å². The van der Waals surface area contributed by atoms with E-state index < -0.39 is 0 Å². The molecule has 2 N–H and O–H groups in total. The molecular formula is C14H23BrN2OS. The molecule has 2 atom stereocenters. The summed E-state index contributed by atoms with van der Waals surface area (Å²) in [5, 5.41) is 0. The van der Waals surface area contributed by atoms with E-state index >= 15 is 0 Å². The zero-order chi connectivity index (χ0) is 14.6. The van der Waals surface area contributed by atoms with E-state index in [9.17, 15) is 4.79 Å². The second-order valence-corrected chi connectivity index (χ2v) is 7.81. The molecule has 1 amide bonds. The minimum atomic E-state index is -0.0865. The Kier molecular flexibility index (Phi) is 6.50. The van der Waals surface area contributed by atoms with Gasteiger partial charge in [0, 0.05) is 24.5 Å². The van der Waals surface area contributed by atoms with Gasteiger partial charge >= 0.3 is 0 Å². The Bertz CT molecular complexity index is 419. The molecule has 0 saturated carbocycles. The number of thiophene rings is 1. The highest BCUT2D eigenvalue weighted by Gasteiger charge is 2.21. The summed E-state index contributed by atoms with van der Waals surface area (Å²) in [6.07, 6.45) is 0.848. The predicted molar refractivity (Wildman–Crippen MR) is 85.5 cm³/mol. The van der Waals surface area contributed by atoms with Crippen LogP contribution in [0.15, 0.2) is 15.9 Å². The van der Waals surface area contributed by atoms with E-state index in [1.165, 1.54) is 0 Å². The molecule has 0 radical (unpaired) electrons. The van der Waals surface area contributed by atoms with E-state index in [4.69, 9.17) is 5.73 Å². The Labute approximate surface area is 128 Å². The van der Waals surface area contributed by atoms with Crippen LogP contribution in [0.25, 0.3) is 0 Å². The summed E-state index contributed by atoms with van der Waals surface area (Å²) >= 11 is 5.04. The van der Waals surface area contributed by atoms with Gasteiger partial charge < -0.3 is 10.6 Å². The molecule has 0 saturated heterocycles. The summed E-state index contributed by atoms with van der Waals surface area (Å²) in [5.41, 5.74) is 6.01. The van der Waals surface area contributed by atoms with Gasteiger partial charge in [0.2, 0.25) is 5.91 Å². The second kappa shape index (κ2) is 7.41. The molecular weight excluding hydrogens is 324 g/mol. The predicted octanol–water partition coefficient (Wildman–Crippen LogP) is 3.45. The normalized spacial score (nSPS) is 14.5. The molecule has 1 aromatic heterocycles. The van der Waals surface area contributed by atoms with Crippen LogP contribution in [0.1, 0.15) is 38.0 Å². The van der Waals surface area contributed by atoms with Crippen LogP contribution >= 0.6 is 27.3 Å². The molecule has 0 fully saturated rings. The average Bonchev–Trinajstić information content (AvgIpc) is 2.80. The molecule has 0 aliphatic rings. The number of hydrogen-bond acceptors (Lipinski definition) is 3. The molecule has 0 aliphatic heterocycles. The molecule has 108 valence electrons. The van der Waals surface area contributed by atoms with Crippen LogP contribution in [-0.4, -0.2) is 30.4 Å². The third-order valence-electron chi connectivity index (χ3n) is 3.42. The maximum absolute atomic E-state index is 12.3. The molecule has 1 heterocycles. The summed E-state index contributed by atoms with van der Waals surface area (Å²) in [5.74, 6) is 0.524. The fourth-order valence-corrected chi connectivity index (χ4v) is 3.27. The monoisotopic (exact) mass is 346 g/mol. The molecule has 0 spiro atoms. The molecule has 3 nitrogen and oxygen atoms in total. The lowest BCUT2D eigenvalue weighted by atomic mass is 10.0. The minimum absolute atomic E-state index is 0.0865. The zero-order valence-corrected chi connectivity index (χ0v) is 14.4. The molecule has 0 aliphatic carbocycles. The van der Waals surface area contributed by atoms with Crippen LogP contribution in [0.4, 0.5) is 0 Å². The van der Waals surface area contributed by atoms with Crippen molar-refractivity contribution in [2.45, 2.75) is 39.2 Å². The standard InChI is InChI=1S/C14H23BrN2OS/c1-9(2)11(16)7-8-17(4)14(18)10(3)12-5-6-13(15)19-12/h5-6,9-11H,7-8,16H2,1-4H3. The minimum Gasteiger partial charge on any atom is -0.345 e. The van der Waals surface area contributed by atoms with Crippen molar-refractivity contribution in [3.63, 3.8) is 0 Å².